The number of sulfonamides is 1. The second-order valence-electron chi connectivity index (χ2n) is 7.33. The summed E-state index contributed by atoms with van der Waals surface area (Å²) in [6.45, 7) is 3.90. The molecule has 0 bridgehead atoms. The molecular weight excluding hydrogens is 378 g/mol. The number of hydrogen-bond acceptors (Lipinski definition) is 5. The van der Waals surface area contributed by atoms with Gasteiger partial charge in [0, 0.05) is 43.2 Å². The highest BCUT2D eigenvalue weighted by Crippen LogP contribution is 2.29. The van der Waals surface area contributed by atoms with Crippen LogP contribution < -0.4 is 0 Å². The van der Waals surface area contributed by atoms with Crippen LogP contribution >= 0.6 is 0 Å². The monoisotopic (exact) mass is 403 g/mol. The molecule has 3 heterocycles. The molecule has 7 nitrogen and oxygen atoms in total. The first-order chi connectivity index (χ1) is 13.5. The summed E-state index contributed by atoms with van der Waals surface area (Å²) in [4.78, 5) is 19.3. The van der Waals surface area contributed by atoms with Gasteiger partial charge in [0.25, 0.3) is 5.91 Å². The Bertz CT molecular complexity index is 973. The van der Waals surface area contributed by atoms with Crippen molar-refractivity contribution in [3.05, 3.63) is 42.2 Å². The number of rotatable bonds is 3. The van der Waals surface area contributed by atoms with E-state index in [-0.39, 0.29) is 23.6 Å². The number of carbonyl (C=O) groups excluding carboxylic acids is 1. The number of likely N-dealkylation sites (tertiary alicyclic amines) is 1. The van der Waals surface area contributed by atoms with Crippen molar-refractivity contribution in [1.29, 1.82) is 0 Å². The average Bonchev–Trinajstić information content (AvgIpc) is 2.95. The van der Waals surface area contributed by atoms with Crippen LogP contribution in [0.15, 0.2) is 36.5 Å². The first kappa shape index (κ1) is 19.3. The van der Waals surface area contributed by atoms with E-state index >= 15 is 0 Å². The number of fused-ring (bicyclic) bond motifs is 2. The molecule has 2 aliphatic heterocycles. The van der Waals surface area contributed by atoms with Gasteiger partial charge in [0.1, 0.15) is 5.69 Å². The highest BCUT2D eigenvalue weighted by Gasteiger charge is 2.41. The van der Waals surface area contributed by atoms with Gasteiger partial charge in [0.15, 0.2) is 0 Å². The van der Waals surface area contributed by atoms with Gasteiger partial charge in [-0.2, -0.15) is 4.31 Å². The van der Waals surface area contributed by atoms with Gasteiger partial charge in [0.05, 0.1) is 19.0 Å². The topological polar surface area (TPSA) is 79.8 Å². The molecule has 2 aliphatic rings. The summed E-state index contributed by atoms with van der Waals surface area (Å²) >= 11 is 0. The lowest BCUT2D eigenvalue weighted by Gasteiger charge is -2.41. The van der Waals surface area contributed by atoms with Crippen LogP contribution in [0.1, 0.15) is 23.8 Å². The van der Waals surface area contributed by atoms with Crippen molar-refractivity contribution in [3.63, 3.8) is 0 Å². The summed E-state index contributed by atoms with van der Waals surface area (Å²) in [5.41, 5.74) is 0.448. The van der Waals surface area contributed by atoms with Gasteiger partial charge < -0.3 is 9.64 Å². The SMILES string of the molecule is CCS(=O)(=O)N1CCOC[C@H]2CN(C(=O)c3nccc4ccccc34)CC[C@H]21. The number of benzene rings is 1. The Balaban J connectivity index is 1.58. The molecule has 2 atom stereocenters. The summed E-state index contributed by atoms with van der Waals surface area (Å²) in [6.07, 6.45) is 2.27. The quantitative estimate of drug-likeness (QED) is 0.780. The van der Waals surface area contributed by atoms with Crippen LogP contribution in [0.25, 0.3) is 10.8 Å². The van der Waals surface area contributed by atoms with Crippen LogP contribution in [0.4, 0.5) is 0 Å². The third-order valence-electron chi connectivity index (χ3n) is 5.74. The second-order valence-corrected chi connectivity index (χ2v) is 9.54. The van der Waals surface area contributed by atoms with E-state index in [2.05, 4.69) is 4.98 Å². The van der Waals surface area contributed by atoms with Gasteiger partial charge in [-0.1, -0.05) is 24.3 Å². The molecule has 2 aromatic rings. The minimum absolute atomic E-state index is 0.0310. The van der Waals surface area contributed by atoms with E-state index in [0.29, 0.717) is 45.0 Å². The number of carbonyl (C=O) groups is 1. The van der Waals surface area contributed by atoms with Gasteiger partial charge in [-0.25, -0.2) is 8.42 Å². The number of pyridine rings is 1. The van der Waals surface area contributed by atoms with E-state index < -0.39 is 10.0 Å². The summed E-state index contributed by atoms with van der Waals surface area (Å²) < 4.78 is 32.3. The number of amides is 1. The fraction of sp³-hybridized carbons (Fsp3) is 0.500. The number of ether oxygens (including phenoxy) is 1. The first-order valence-corrected chi connectivity index (χ1v) is 11.3. The fourth-order valence-corrected chi connectivity index (χ4v) is 5.63. The van der Waals surface area contributed by atoms with Crippen LogP contribution in [-0.4, -0.2) is 73.2 Å². The Hall–Kier alpha value is -2.03. The molecule has 28 heavy (non-hydrogen) atoms. The zero-order valence-electron chi connectivity index (χ0n) is 16.0. The molecule has 4 rings (SSSR count). The normalized spacial score (nSPS) is 24.0. The van der Waals surface area contributed by atoms with Crippen LogP contribution in [-0.2, 0) is 14.8 Å². The summed E-state index contributed by atoms with van der Waals surface area (Å²) in [7, 11) is -3.30. The predicted octanol–water partition coefficient (Wildman–Crippen LogP) is 1.75. The minimum atomic E-state index is -3.30. The lowest BCUT2D eigenvalue weighted by molar-refractivity contribution is 0.0464. The predicted molar refractivity (Wildman–Crippen MR) is 107 cm³/mol. The molecule has 2 fully saturated rings. The maximum atomic E-state index is 13.2. The minimum Gasteiger partial charge on any atom is -0.380 e. The molecule has 0 aliphatic carbocycles. The van der Waals surface area contributed by atoms with Gasteiger partial charge in [0.2, 0.25) is 10.0 Å². The third-order valence-corrected chi connectivity index (χ3v) is 7.63. The van der Waals surface area contributed by atoms with Crippen LogP contribution in [0.2, 0.25) is 0 Å². The Kier molecular flexibility index (Phi) is 5.35. The van der Waals surface area contributed by atoms with Gasteiger partial charge >= 0.3 is 0 Å². The van der Waals surface area contributed by atoms with Gasteiger partial charge in [-0.05, 0) is 24.8 Å². The number of hydrogen-bond donors (Lipinski definition) is 0. The van der Waals surface area contributed by atoms with E-state index in [0.717, 1.165) is 10.8 Å². The first-order valence-electron chi connectivity index (χ1n) is 9.71. The molecule has 0 spiro atoms. The number of nitrogens with zero attached hydrogens (tertiary/aromatic N) is 3. The van der Waals surface area contributed by atoms with Crippen LogP contribution in [0, 0.1) is 5.92 Å². The lowest BCUT2D eigenvalue weighted by Crippen LogP contribution is -2.54. The van der Waals surface area contributed by atoms with E-state index in [1.807, 2.05) is 30.3 Å². The molecule has 2 saturated heterocycles. The van der Waals surface area contributed by atoms with Crippen LogP contribution in [0.3, 0.4) is 0 Å². The van der Waals surface area contributed by atoms with Crippen molar-refractivity contribution in [3.8, 4) is 0 Å². The summed E-state index contributed by atoms with van der Waals surface area (Å²) in [5, 5.41) is 1.82. The molecule has 0 radical (unpaired) electrons. The van der Waals surface area contributed by atoms with Crippen molar-refractivity contribution in [2.75, 3.05) is 38.6 Å². The van der Waals surface area contributed by atoms with Crippen molar-refractivity contribution >= 4 is 26.7 Å². The second kappa shape index (κ2) is 7.77. The van der Waals surface area contributed by atoms with E-state index in [9.17, 15) is 13.2 Å². The maximum Gasteiger partial charge on any atom is 0.273 e. The summed E-state index contributed by atoms with van der Waals surface area (Å²) in [5.74, 6) is -0.0559. The molecule has 8 heteroatoms. The smallest absolute Gasteiger partial charge is 0.273 e. The highest BCUT2D eigenvalue weighted by molar-refractivity contribution is 7.89. The molecule has 0 unspecified atom stereocenters. The third kappa shape index (κ3) is 3.52. The molecule has 150 valence electrons. The average molecular weight is 404 g/mol. The van der Waals surface area contributed by atoms with E-state index in [1.54, 1.807) is 22.3 Å². The Morgan fingerprint density at radius 3 is 2.89 bits per heavy atom. The lowest BCUT2D eigenvalue weighted by atomic mass is 9.92. The highest BCUT2D eigenvalue weighted by atomic mass is 32.2. The van der Waals surface area contributed by atoms with Crippen LogP contribution in [0.5, 0.6) is 0 Å². The van der Waals surface area contributed by atoms with Crippen molar-refractivity contribution in [2.45, 2.75) is 19.4 Å². The maximum absolute atomic E-state index is 13.2. The Morgan fingerprint density at radius 1 is 1.25 bits per heavy atom. The van der Waals surface area contributed by atoms with Gasteiger partial charge in [-0.3, -0.25) is 9.78 Å². The molecule has 0 saturated carbocycles. The fourth-order valence-electron chi connectivity index (χ4n) is 4.25. The van der Waals surface area contributed by atoms with E-state index in [4.69, 9.17) is 4.74 Å². The summed E-state index contributed by atoms with van der Waals surface area (Å²) in [6, 6.07) is 9.49. The zero-order chi connectivity index (χ0) is 19.7. The molecular formula is C20H25N3O4S. The number of piperidine rings is 1. The Labute approximate surface area is 165 Å². The molecule has 1 aromatic carbocycles. The molecule has 0 N–H and O–H groups in total. The van der Waals surface area contributed by atoms with Crippen molar-refractivity contribution in [1.82, 2.24) is 14.2 Å². The number of aromatic nitrogens is 1. The van der Waals surface area contributed by atoms with E-state index in [1.165, 1.54) is 0 Å². The van der Waals surface area contributed by atoms with Crippen molar-refractivity contribution < 1.29 is 17.9 Å². The zero-order valence-corrected chi connectivity index (χ0v) is 16.8. The van der Waals surface area contributed by atoms with Gasteiger partial charge in [-0.15, -0.1) is 0 Å². The standard InChI is InChI=1S/C20H25N3O4S/c1-2-28(25,26)23-11-12-27-14-16-13-22(10-8-18(16)23)20(24)19-17-6-4-3-5-15(17)7-9-21-19/h3-7,9,16,18H,2,8,10-14H2,1H3/t16-,18-/m1/s1. The molecule has 1 amide bonds. The Morgan fingerprint density at radius 2 is 2.07 bits per heavy atom. The largest absolute Gasteiger partial charge is 0.380 e. The molecule has 1 aromatic heterocycles. The van der Waals surface area contributed by atoms with Crippen molar-refractivity contribution in [2.24, 2.45) is 5.92 Å².